The zero-order valence-corrected chi connectivity index (χ0v) is 18.2. The molecule has 158 valence electrons. The molecular formula is C21H15Cl3N4O3. The second kappa shape index (κ2) is 9.43. The van der Waals surface area contributed by atoms with Crippen molar-refractivity contribution in [3.8, 4) is 5.75 Å². The summed E-state index contributed by atoms with van der Waals surface area (Å²) in [5.41, 5.74) is 0.895. The molecule has 4 aromatic rings. The molecule has 0 aliphatic rings. The van der Waals surface area contributed by atoms with Gasteiger partial charge in [0, 0.05) is 0 Å². The molecule has 1 N–H and O–H groups in total. The van der Waals surface area contributed by atoms with Gasteiger partial charge in [-0.05, 0) is 42.0 Å². The number of anilines is 1. The number of hydrogen-bond acceptors (Lipinski definition) is 5. The minimum Gasteiger partial charge on any atom is -0.484 e. The summed E-state index contributed by atoms with van der Waals surface area (Å²) >= 11 is 18.0. The van der Waals surface area contributed by atoms with Gasteiger partial charge >= 0.3 is 0 Å². The Morgan fingerprint density at radius 2 is 1.87 bits per heavy atom. The van der Waals surface area contributed by atoms with Crippen LogP contribution >= 0.6 is 34.8 Å². The fourth-order valence-corrected chi connectivity index (χ4v) is 3.22. The first kappa shape index (κ1) is 21.2. The zero-order chi connectivity index (χ0) is 21.8. The summed E-state index contributed by atoms with van der Waals surface area (Å²) in [7, 11) is 0. The van der Waals surface area contributed by atoms with Gasteiger partial charge < -0.3 is 9.15 Å². The Kier molecular flexibility index (Phi) is 6.46. The van der Waals surface area contributed by atoms with E-state index in [9.17, 15) is 4.79 Å². The van der Waals surface area contributed by atoms with E-state index in [4.69, 9.17) is 44.0 Å². The molecule has 0 saturated carbocycles. The molecule has 2 aromatic carbocycles. The molecule has 0 radical (unpaired) electrons. The standard InChI is InChI=1S/C21H15Cl3N4O3/c22-15-7-5-13(9-17(15)24)10-28-12-25-21(27-28)26-20(29)19-8-6-14(31-19)11-30-18-4-2-1-3-16(18)23/h1-9,12H,10-11H2,(H,26,27,29). The van der Waals surface area contributed by atoms with E-state index in [0.717, 1.165) is 5.56 Å². The summed E-state index contributed by atoms with van der Waals surface area (Å²) in [5, 5.41) is 8.26. The molecule has 0 fully saturated rings. The molecule has 0 atom stereocenters. The van der Waals surface area contributed by atoms with Crippen molar-refractivity contribution in [1.82, 2.24) is 14.8 Å². The predicted octanol–water partition coefficient (Wildman–Crippen LogP) is 5.71. The fourth-order valence-electron chi connectivity index (χ4n) is 2.70. The van der Waals surface area contributed by atoms with E-state index in [1.165, 1.54) is 6.33 Å². The van der Waals surface area contributed by atoms with Crippen LogP contribution in [0, 0.1) is 0 Å². The number of nitrogens with one attached hydrogen (secondary N) is 1. The van der Waals surface area contributed by atoms with Crippen molar-refractivity contribution >= 4 is 46.7 Å². The van der Waals surface area contributed by atoms with Gasteiger partial charge in [-0.15, -0.1) is 5.10 Å². The van der Waals surface area contributed by atoms with Crippen LogP contribution in [-0.2, 0) is 13.2 Å². The van der Waals surface area contributed by atoms with E-state index < -0.39 is 5.91 Å². The van der Waals surface area contributed by atoms with Gasteiger partial charge in [0.1, 0.15) is 24.4 Å². The van der Waals surface area contributed by atoms with E-state index in [2.05, 4.69) is 15.4 Å². The van der Waals surface area contributed by atoms with Gasteiger partial charge in [-0.1, -0.05) is 53.0 Å². The Balaban J connectivity index is 1.34. The van der Waals surface area contributed by atoms with Gasteiger partial charge in [0.25, 0.3) is 5.91 Å². The highest BCUT2D eigenvalue weighted by atomic mass is 35.5. The van der Waals surface area contributed by atoms with E-state index >= 15 is 0 Å². The third-order valence-corrected chi connectivity index (χ3v) is 5.23. The lowest BCUT2D eigenvalue weighted by Gasteiger charge is -2.05. The van der Waals surface area contributed by atoms with Crippen LogP contribution in [0.4, 0.5) is 5.95 Å². The molecule has 10 heteroatoms. The molecule has 0 spiro atoms. The number of benzene rings is 2. The molecule has 0 bridgehead atoms. The molecular weight excluding hydrogens is 463 g/mol. The van der Waals surface area contributed by atoms with Crippen LogP contribution in [0.3, 0.4) is 0 Å². The van der Waals surface area contributed by atoms with Crippen molar-refractivity contribution in [2.75, 3.05) is 5.32 Å². The van der Waals surface area contributed by atoms with E-state index in [0.29, 0.717) is 33.1 Å². The van der Waals surface area contributed by atoms with Crippen LogP contribution in [0.15, 0.2) is 65.3 Å². The minimum absolute atomic E-state index is 0.110. The van der Waals surface area contributed by atoms with Gasteiger partial charge in [-0.2, -0.15) is 0 Å². The van der Waals surface area contributed by atoms with Gasteiger partial charge in [0.15, 0.2) is 5.76 Å². The number of carbonyl (C=O) groups is 1. The molecule has 0 saturated heterocycles. The SMILES string of the molecule is O=C(Nc1ncn(Cc2ccc(Cl)c(Cl)c2)n1)c1ccc(COc2ccccc2Cl)o1. The number of hydrogen-bond donors (Lipinski definition) is 1. The van der Waals surface area contributed by atoms with Gasteiger partial charge in [0.2, 0.25) is 5.95 Å². The Morgan fingerprint density at radius 3 is 2.68 bits per heavy atom. The van der Waals surface area contributed by atoms with Crippen LogP contribution in [0.25, 0.3) is 0 Å². The largest absolute Gasteiger partial charge is 0.484 e. The Bertz CT molecular complexity index is 1220. The van der Waals surface area contributed by atoms with Crippen LogP contribution in [0.2, 0.25) is 15.1 Å². The van der Waals surface area contributed by atoms with Gasteiger partial charge in [-0.3, -0.25) is 10.1 Å². The monoisotopic (exact) mass is 476 g/mol. The van der Waals surface area contributed by atoms with E-state index in [1.807, 2.05) is 18.2 Å². The van der Waals surface area contributed by atoms with Crippen molar-refractivity contribution in [1.29, 1.82) is 0 Å². The van der Waals surface area contributed by atoms with Gasteiger partial charge in [-0.25, -0.2) is 9.67 Å². The molecule has 0 aliphatic heterocycles. The summed E-state index contributed by atoms with van der Waals surface area (Å²) < 4.78 is 12.7. The average Bonchev–Trinajstić information content (AvgIpc) is 3.40. The molecule has 31 heavy (non-hydrogen) atoms. The Hall–Kier alpha value is -3.00. The zero-order valence-electron chi connectivity index (χ0n) is 15.9. The molecule has 2 heterocycles. The van der Waals surface area contributed by atoms with Crippen LogP contribution in [0.5, 0.6) is 5.75 Å². The Morgan fingerprint density at radius 1 is 1.03 bits per heavy atom. The molecule has 0 unspecified atom stereocenters. The lowest BCUT2D eigenvalue weighted by atomic mass is 10.2. The molecule has 2 aromatic heterocycles. The number of ether oxygens (including phenoxy) is 1. The lowest BCUT2D eigenvalue weighted by molar-refractivity contribution is 0.0991. The van der Waals surface area contributed by atoms with Crippen molar-refractivity contribution in [3.63, 3.8) is 0 Å². The average molecular weight is 478 g/mol. The number of para-hydroxylation sites is 1. The maximum absolute atomic E-state index is 12.4. The molecule has 7 nitrogen and oxygen atoms in total. The van der Waals surface area contributed by atoms with Crippen LogP contribution < -0.4 is 10.1 Å². The van der Waals surface area contributed by atoms with E-state index in [1.54, 1.807) is 41.1 Å². The second-order valence-electron chi connectivity index (χ2n) is 6.45. The summed E-state index contributed by atoms with van der Waals surface area (Å²) in [6, 6.07) is 15.6. The number of aromatic nitrogens is 3. The summed E-state index contributed by atoms with van der Waals surface area (Å²) in [6.45, 7) is 0.553. The van der Waals surface area contributed by atoms with Crippen molar-refractivity contribution in [3.05, 3.63) is 93.1 Å². The summed E-state index contributed by atoms with van der Waals surface area (Å²) in [6.07, 6.45) is 1.50. The topological polar surface area (TPSA) is 82.2 Å². The van der Waals surface area contributed by atoms with Crippen molar-refractivity contribution in [2.24, 2.45) is 0 Å². The van der Waals surface area contributed by atoms with Crippen molar-refractivity contribution in [2.45, 2.75) is 13.2 Å². The lowest BCUT2D eigenvalue weighted by Crippen LogP contribution is -2.12. The third-order valence-electron chi connectivity index (χ3n) is 4.18. The number of furan rings is 1. The normalized spacial score (nSPS) is 10.8. The number of rotatable bonds is 7. The smallest absolute Gasteiger partial charge is 0.293 e. The molecule has 1 amide bonds. The quantitative estimate of drug-likeness (QED) is 0.368. The second-order valence-corrected chi connectivity index (χ2v) is 7.67. The number of carbonyl (C=O) groups excluding carboxylic acids is 1. The highest BCUT2D eigenvalue weighted by molar-refractivity contribution is 6.42. The fraction of sp³-hybridized carbons (Fsp3) is 0.0952. The number of amides is 1. The number of nitrogens with zero attached hydrogens (tertiary/aromatic N) is 3. The Labute approximate surface area is 192 Å². The minimum atomic E-state index is -0.476. The van der Waals surface area contributed by atoms with Crippen LogP contribution in [0.1, 0.15) is 21.9 Å². The maximum atomic E-state index is 12.4. The highest BCUT2D eigenvalue weighted by Gasteiger charge is 2.14. The highest BCUT2D eigenvalue weighted by Crippen LogP contribution is 2.25. The number of halogens is 3. The molecule has 0 aliphatic carbocycles. The maximum Gasteiger partial charge on any atom is 0.293 e. The third kappa shape index (κ3) is 5.38. The van der Waals surface area contributed by atoms with E-state index in [-0.39, 0.29) is 18.3 Å². The summed E-state index contributed by atoms with van der Waals surface area (Å²) in [5.74, 6) is 0.789. The predicted molar refractivity (Wildman–Crippen MR) is 118 cm³/mol. The molecule has 4 rings (SSSR count). The first-order valence-electron chi connectivity index (χ1n) is 9.09. The first-order valence-corrected chi connectivity index (χ1v) is 10.2. The first-order chi connectivity index (χ1) is 15.0. The summed E-state index contributed by atoms with van der Waals surface area (Å²) in [4.78, 5) is 16.5. The van der Waals surface area contributed by atoms with Crippen LogP contribution in [-0.4, -0.2) is 20.7 Å². The van der Waals surface area contributed by atoms with Crippen molar-refractivity contribution < 1.29 is 13.9 Å². The van der Waals surface area contributed by atoms with Gasteiger partial charge in [0.05, 0.1) is 21.6 Å².